The lowest BCUT2D eigenvalue weighted by Gasteiger charge is -2.09. The molecule has 1 aromatic carbocycles. The molecule has 8 heteroatoms. The lowest BCUT2D eigenvalue weighted by Crippen LogP contribution is -2.41. The first-order chi connectivity index (χ1) is 13.1. The van der Waals surface area contributed by atoms with Crippen molar-refractivity contribution < 1.29 is 23.9 Å². The van der Waals surface area contributed by atoms with Crippen LogP contribution in [-0.4, -0.2) is 31.1 Å². The van der Waals surface area contributed by atoms with E-state index in [-0.39, 0.29) is 6.61 Å². The number of urea groups is 1. The number of carbonyl (C=O) groups is 3. The molecule has 0 saturated carbocycles. The predicted octanol–water partition coefficient (Wildman–Crippen LogP) is 2.18. The second kappa shape index (κ2) is 9.18. The quantitative estimate of drug-likeness (QED) is 0.709. The van der Waals surface area contributed by atoms with Gasteiger partial charge in [0.15, 0.2) is 13.2 Å². The molecule has 3 rings (SSSR count). The molecule has 2 aromatic rings. The lowest BCUT2D eigenvalue weighted by molar-refractivity contribution is -0.150. The number of hydrogen-bond acceptors (Lipinski definition) is 6. The number of carbonyl (C=O) groups excluding carboxylic acids is 3. The second-order valence-corrected chi connectivity index (χ2v) is 7.08. The first kappa shape index (κ1) is 18.9. The Morgan fingerprint density at radius 1 is 1.07 bits per heavy atom. The van der Waals surface area contributed by atoms with Gasteiger partial charge in [-0.25, -0.2) is 9.59 Å². The van der Waals surface area contributed by atoms with Gasteiger partial charge in [0.1, 0.15) is 5.75 Å². The van der Waals surface area contributed by atoms with Gasteiger partial charge < -0.3 is 14.8 Å². The number of amides is 3. The van der Waals surface area contributed by atoms with E-state index in [2.05, 4.69) is 10.6 Å². The van der Waals surface area contributed by atoms with E-state index in [0.29, 0.717) is 12.3 Å². The normalized spacial score (nSPS) is 12.1. The molecule has 3 amide bonds. The molecule has 0 atom stereocenters. The van der Waals surface area contributed by atoms with Gasteiger partial charge in [0.05, 0.1) is 6.54 Å². The number of nitrogens with one attached hydrogen (secondary N) is 2. The molecule has 27 heavy (non-hydrogen) atoms. The number of thiophene rings is 1. The molecule has 1 heterocycles. The zero-order valence-electron chi connectivity index (χ0n) is 14.7. The smallest absolute Gasteiger partial charge is 0.344 e. The second-order valence-electron chi connectivity index (χ2n) is 6.04. The number of imide groups is 1. The van der Waals surface area contributed by atoms with E-state index < -0.39 is 24.5 Å². The summed E-state index contributed by atoms with van der Waals surface area (Å²) in [7, 11) is 0. The third-order valence-electron chi connectivity index (χ3n) is 4.05. The van der Waals surface area contributed by atoms with Gasteiger partial charge in [-0.2, -0.15) is 0 Å². The minimum atomic E-state index is -0.704. The fourth-order valence-electron chi connectivity index (χ4n) is 2.76. The maximum Gasteiger partial charge on any atom is 0.344 e. The van der Waals surface area contributed by atoms with Gasteiger partial charge in [0.25, 0.3) is 5.91 Å². The Labute approximate surface area is 160 Å². The molecule has 1 aliphatic rings. The first-order valence-electron chi connectivity index (χ1n) is 8.60. The molecule has 1 aromatic heterocycles. The molecule has 0 fully saturated rings. The van der Waals surface area contributed by atoms with E-state index in [0.717, 1.165) is 24.1 Å². The Kier molecular flexibility index (Phi) is 6.43. The summed E-state index contributed by atoms with van der Waals surface area (Å²) < 4.78 is 10.2. The fraction of sp³-hybridized carbons (Fsp3) is 0.316. The molecule has 7 nitrogen and oxygen atoms in total. The van der Waals surface area contributed by atoms with Crippen LogP contribution in [0.5, 0.6) is 5.75 Å². The minimum Gasteiger partial charge on any atom is -0.482 e. The van der Waals surface area contributed by atoms with Crippen LogP contribution in [0.1, 0.15) is 22.4 Å². The number of fused-ring (bicyclic) bond motifs is 1. The molecule has 2 N–H and O–H groups in total. The highest BCUT2D eigenvalue weighted by Crippen LogP contribution is 2.25. The average Bonchev–Trinajstić information content (AvgIpc) is 3.34. The summed E-state index contributed by atoms with van der Waals surface area (Å²) in [4.78, 5) is 35.9. The zero-order chi connectivity index (χ0) is 19.1. The van der Waals surface area contributed by atoms with Crippen LogP contribution in [0.25, 0.3) is 0 Å². The van der Waals surface area contributed by atoms with E-state index in [1.165, 1.54) is 22.5 Å². The highest BCUT2D eigenvalue weighted by Gasteiger charge is 2.14. The fourth-order valence-corrected chi connectivity index (χ4v) is 3.40. The topological polar surface area (TPSA) is 93.7 Å². The van der Waals surface area contributed by atoms with Crippen molar-refractivity contribution in [2.45, 2.75) is 25.8 Å². The summed E-state index contributed by atoms with van der Waals surface area (Å²) in [5, 5.41) is 6.54. The number of rotatable bonds is 7. The van der Waals surface area contributed by atoms with Gasteiger partial charge in [-0.3, -0.25) is 10.1 Å². The summed E-state index contributed by atoms with van der Waals surface area (Å²) in [5.41, 5.74) is 2.56. The van der Waals surface area contributed by atoms with Gasteiger partial charge in [0, 0.05) is 4.88 Å². The summed E-state index contributed by atoms with van der Waals surface area (Å²) in [6.45, 7) is -0.513. The number of esters is 1. The van der Waals surface area contributed by atoms with E-state index in [1.807, 2.05) is 35.7 Å². The monoisotopic (exact) mass is 388 g/mol. The van der Waals surface area contributed by atoms with Crippen LogP contribution in [0.2, 0.25) is 0 Å². The van der Waals surface area contributed by atoms with Crippen LogP contribution < -0.4 is 15.4 Å². The molecule has 0 radical (unpaired) electrons. The molecule has 1 aliphatic carbocycles. The summed E-state index contributed by atoms with van der Waals surface area (Å²) in [5.74, 6) is -0.779. The molecule has 0 aliphatic heterocycles. The third-order valence-corrected chi connectivity index (χ3v) is 4.92. The maximum absolute atomic E-state index is 11.7. The highest BCUT2D eigenvalue weighted by atomic mass is 32.1. The van der Waals surface area contributed by atoms with Crippen molar-refractivity contribution in [2.24, 2.45) is 0 Å². The van der Waals surface area contributed by atoms with Crippen LogP contribution in [0.3, 0.4) is 0 Å². The van der Waals surface area contributed by atoms with Crippen molar-refractivity contribution in [2.75, 3.05) is 13.2 Å². The largest absolute Gasteiger partial charge is 0.482 e. The van der Waals surface area contributed by atoms with Crippen LogP contribution in [0.15, 0.2) is 35.7 Å². The average molecular weight is 388 g/mol. The van der Waals surface area contributed by atoms with Gasteiger partial charge in [-0.05, 0) is 54.0 Å². The first-order valence-corrected chi connectivity index (χ1v) is 9.48. The summed E-state index contributed by atoms with van der Waals surface area (Å²) >= 11 is 1.50. The Hall–Kier alpha value is -2.87. The molecular weight excluding hydrogens is 368 g/mol. The predicted molar refractivity (Wildman–Crippen MR) is 99.6 cm³/mol. The zero-order valence-corrected chi connectivity index (χ0v) is 15.5. The van der Waals surface area contributed by atoms with Crippen molar-refractivity contribution >= 4 is 29.2 Å². The number of benzene rings is 1. The number of aryl methyl sites for hydroxylation is 2. The Bertz CT molecular complexity index is 820. The van der Waals surface area contributed by atoms with E-state index >= 15 is 0 Å². The summed E-state index contributed by atoms with van der Waals surface area (Å²) in [6, 6.07) is 8.86. The van der Waals surface area contributed by atoms with Crippen molar-refractivity contribution in [3.05, 3.63) is 51.7 Å². The number of hydrogen-bond donors (Lipinski definition) is 2. The van der Waals surface area contributed by atoms with E-state index in [4.69, 9.17) is 9.47 Å². The molecular formula is C19H20N2O5S. The van der Waals surface area contributed by atoms with Crippen molar-refractivity contribution in [3.8, 4) is 5.75 Å². The SMILES string of the molecule is O=C(COC(=O)COc1ccc2c(c1)CCC2)NC(=O)NCc1cccs1. The highest BCUT2D eigenvalue weighted by molar-refractivity contribution is 7.09. The standard InChI is InChI=1S/C19H20N2O5S/c22-17(21-19(24)20-10-16-5-2-8-27-16)11-26-18(23)12-25-15-7-6-13-3-1-4-14(13)9-15/h2,5-9H,1,3-4,10-12H2,(H2,20,21,22,24). The van der Waals surface area contributed by atoms with Gasteiger partial charge in [0.2, 0.25) is 0 Å². The third kappa shape index (κ3) is 5.82. The summed E-state index contributed by atoms with van der Waals surface area (Å²) in [6.07, 6.45) is 3.23. The van der Waals surface area contributed by atoms with Crippen LogP contribution >= 0.6 is 11.3 Å². The maximum atomic E-state index is 11.7. The Morgan fingerprint density at radius 3 is 2.74 bits per heavy atom. The van der Waals surface area contributed by atoms with Gasteiger partial charge >= 0.3 is 12.0 Å². The Morgan fingerprint density at radius 2 is 1.93 bits per heavy atom. The van der Waals surface area contributed by atoms with Crippen LogP contribution in [0, 0.1) is 0 Å². The minimum absolute atomic E-state index is 0.295. The van der Waals surface area contributed by atoms with E-state index in [1.54, 1.807) is 0 Å². The lowest BCUT2D eigenvalue weighted by atomic mass is 10.1. The van der Waals surface area contributed by atoms with Crippen molar-refractivity contribution in [1.82, 2.24) is 10.6 Å². The Balaban J connectivity index is 1.32. The molecule has 0 saturated heterocycles. The molecule has 142 valence electrons. The van der Waals surface area contributed by atoms with Gasteiger partial charge in [-0.15, -0.1) is 11.3 Å². The van der Waals surface area contributed by atoms with Crippen molar-refractivity contribution in [3.63, 3.8) is 0 Å². The van der Waals surface area contributed by atoms with Crippen LogP contribution in [-0.2, 0) is 33.7 Å². The van der Waals surface area contributed by atoms with Crippen molar-refractivity contribution in [1.29, 1.82) is 0 Å². The van der Waals surface area contributed by atoms with E-state index in [9.17, 15) is 14.4 Å². The van der Waals surface area contributed by atoms with Gasteiger partial charge in [-0.1, -0.05) is 12.1 Å². The molecule has 0 bridgehead atoms. The molecule has 0 unspecified atom stereocenters. The van der Waals surface area contributed by atoms with Crippen LogP contribution in [0.4, 0.5) is 4.79 Å². The molecule has 0 spiro atoms. The number of ether oxygens (including phenoxy) is 2.